The lowest BCUT2D eigenvalue weighted by Crippen LogP contribution is -2.32. The van der Waals surface area contributed by atoms with Gasteiger partial charge >= 0.3 is 6.18 Å². The van der Waals surface area contributed by atoms with Crippen molar-refractivity contribution in [1.29, 1.82) is 0 Å². The third-order valence-electron chi connectivity index (χ3n) is 2.17. The van der Waals surface area contributed by atoms with E-state index in [9.17, 15) is 13.2 Å². The van der Waals surface area contributed by atoms with Gasteiger partial charge in [0.05, 0.1) is 6.54 Å². The van der Waals surface area contributed by atoms with E-state index in [0.29, 0.717) is 13.0 Å². The fourth-order valence-corrected chi connectivity index (χ4v) is 1.88. The average molecular weight is 296 g/mol. The molecule has 0 aliphatic rings. The second-order valence-corrected chi connectivity index (χ2v) is 4.55. The summed E-state index contributed by atoms with van der Waals surface area (Å²) in [5.41, 5.74) is 1.02. The van der Waals surface area contributed by atoms with Gasteiger partial charge in [0.15, 0.2) is 0 Å². The van der Waals surface area contributed by atoms with Crippen LogP contribution in [0, 0.1) is 0 Å². The number of rotatable bonds is 4. The molecule has 0 heterocycles. The van der Waals surface area contributed by atoms with Crippen LogP contribution in [0.4, 0.5) is 13.2 Å². The van der Waals surface area contributed by atoms with Gasteiger partial charge in [0.2, 0.25) is 0 Å². The summed E-state index contributed by atoms with van der Waals surface area (Å²) < 4.78 is 37.1. The minimum absolute atomic E-state index is 0.391. The fourth-order valence-electron chi connectivity index (χ4n) is 1.40. The Hall–Kier alpha value is -0.550. The van der Waals surface area contributed by atoms with Crippen LogP contribution in [0.2, 0.25) is 0 Å². The van der Waals surface area contributed by atoms with E-state index in [-0.39, 0.29) is 0 Å². The van der Waals surface area contributed by atoms with Crippen LogP contribution in [0.5, 0.6) is 0 Å². The summed E-state index contributed by atoms with van der Waals surface area (Å²) in [5.74, 6) is 0. The van der Waals surface area contributed by atoms with Gasteiger partial charge < -0.3 is 0 Å². The lowest BCUT2D eigenvalue weighted by Gasteiger charge is -2.18. The van der Waals surface area contributed by atoms with E-state index in [1.807, 2.05) is 24.3 Å². The number of hydrogen-bond acceptors (Lipinski definition) is 1. The standard InChI is InChI=1S/C11H13BrF3N/c1-16(8-11(13,14)15)7-6-9-4-2-3-5-10(9)12/h2-5H,6-8H2,1H3. The number of alkyl halides is 3. The van der Waals surface area contributed by atoms with Gasteiger partial charge in [-0.3, -0.25) is 4.90 Å². The molecule has 1 nitrogen and oxygen atoms in total. The highest BCUT2D eigenvalue weighted by atomic mass is 79.9. The highest BCUT2D eigenvalue weighted by Crippen LogP contribution is 2.18. The first kappa shape index (κ1) is 13.5. The van der Waals surface area contributed by atoms with Gasteiger partial charge in [0.1, 0.15) is 0 Å². The Labute approximate surface area is 101 Å². The Balaban J connectivity index is 2.43. The molecule has 0 atom stereocenters. The Morgan fingerprint density at radius 3 is 2.44 bits per heavy atom. The van der Waals surface area contributed by atoms with Crippen LogP contribution in [0.3, 0.4) is 0 Å². The van der Waals surface area contributed by atoms with Crippen molar-refractivity contribution in [2.45, 2.75) is 12.6 Å². The molecule has 0 saturated heterocycles. The minimum atomic E-state index is -4.12. The number of benzene rings is 1. The molecule has 0 unspecified atom stereocenters. The molecule has 0 N–H and O–H groups in total. The lowest BCUT2D eigenvalue weighted by atomic mass is 10.1. The number of hydrogen-bond donors (Lipinski definition) is 0. The fraction of sp³-hybridized carbons (Fsp3) is 0.455. The second-order valence-electron chi connectivity index (χ2n) is 3.69. The van der Waals surface area contributed by atoms with Gasteiger partial charge in [-0.05, 0) is 25.1 Å². The van der Waals surface area contributed by atoms with Crippen LogP contribution in [0.15, 0.2) is 28.7 Å². The van der Waals surface area contributed by atoms with Crippen molar-refractivity contribution in [2.24, 2.45) is 0 Å². The molecule has 0 amide bonds. The summed E-state index contributed by atoms with van der Waals surface area (Å²) in [6, 6.07) is 7.56. The van der Waals surface area contributed by atoms with Crippen LogP contribution < -0.4 is 0 Å². The SMILES string of the molecule is CN(CCc1ccccc1Br)CC(F)(F)F. The van der Waals surface area contributed by atoms with Crippen molar-refractivity contribution in [1.82, 2.24) is 4.90 Å². The zero-order chi connectivity index (χ0) is 12.2. The van der Waals surface area contributed by atoms with Crippen molar-refractivity contribution in [3.8, 4) is 0 Å². The summed E-state index contributed by atoms with van der Waals surface area (Å²) in [4.78, 5) is 1.28. The van der Waals surface area contributed by atoms with Gasteiger partial charge in [0.25, 0.3) is 0 Å². The quantitative estimate of drug-likeness (QED) is 0.822. The largest absolute Gasteiger partial charge is 0.401 e. The molecular weight excluding hydrogens is 283 g/mol. The smallest absolute Gasteiger partial charge is 0.298 e. The van der Waals surface area contributed by atoms with Gasteiger partial charge in [-0.2, -0.15) is 13.2 Å². The summed E-state index contributed by atoms with van der Waals surface area (Å²) >= 11 is 3.37. The van der Waals surface area contributed by atoms with Gasteiger partial charge in [-0.25, -0.2) is 0 Å². The van der Waals surface area contributed by atoms with Crippen LogP contribution in [0.25, 0.3) is 0 Å². The molecule has 1 aromatic carbocycles. The van der Waals surface area contributed by atoms with Crippen LogP contribution in [-0.2, 0) is 6.42 Å². The van der Waals surface area contributed by atoms with E-state index in [2.05, 4.69) is 15.9 Å². The predicted octanol–water partition coefficient (Wildman–Crippen LogP) is 3.49. The summed E-state index contributed by atoms with van der Waals surface area (Å²) in [7, 11) is 1.48. The predicted molar refractivity (Wildman–Crippen MR) is 61.4 cm³/mol. The van der Waals surface area contributed by atoms with Gasteiger partial charge in [-0.15, -0.1) is 0 Å². The molecular formula is C11H13BrF3N. The second kappa shape index (κ2) is 5.68. The zero-order valence-electron chi connectivity index (χ0n) is 8.89. The Morgan fingerprint density at radius 2 is 1.88 bits per heavy atom. The molecule has 16 heavy (non-hydrogen) atoms. The van der Waals surface area contributed by atoms with E-state index in [1.165, 1.54) is 11.9 Å². The van der Waals surface area contributed by atoms with Crippen molar-refractivity contribution < 1.29 is 13.2 Å². The normalized spacial score (nSPS) is 12.1. The monoisotopic (exact) mass is 295 g/mol. The average Bonchev–Trinajstić information content (AvgIpc) is 2.14. The first-order chi connectivity index (χ1) is 7.38. The van der Waals surface area contributed by atoms with Crippen LogP contribution >= 0.6 is 15.9 Å². The summed E-state index contributed by atoms with van der Waals surface area (Å²) in [5, 5.41) is 0. The minimum Gasteiger partial charge on any atom is -0.298 e. The van der Waals surface area contributed by atoms with Crippen LogP contribution in [0.1, 0.15) is 5.56 Å². The maximum Gasteiger partial charge on any atom is 0.401 e. The van der Waals surface area contributed by atoms with Crippen molar-refractivity contribution in [3.05, 3.63) is 34.3 Å². The van der Waals surface area contributed by atoms with Gasteiger partial charge in [0, 0.05) is 11.0 Å². The van der Waals surface area contributed by atoms with E-state index in [0.717, 1.165) is 10.0 Å². The Kier molecular flexibility index (Phi) is 4.80. The molecule has 0 saturated carbocycles. The highest BCUT2D eigenvalue weighted by Gasteiger charge is 2.28. The third kappa shape index (κ3) is 4.99. The van der Waals surface area contributed by atoms with E-state index in [1.54, 1.807) is 0 Å². The Bertz CT molecular complexity index is 338. The van der Waals surface area contributed by atoms with Crippen molar-refractivity contribution in [3.63, 3.8) is 0 Å². The molecule has 0 aliphatic carbocycles. The number of nitrogens with zero attached hydrogens (tertiary/aromatic N) is 1. The molecule has 5 heteroatoms. The topological polar surface area (TPSA) is 3.24 Å². The highest BCUT2D eigenvalue weighted by molar-refractivity contribution is 9.10. The molecule has 0 fully saturated rings. The van der Waals surface area contributed by atoms with E-state index in [4.69, 9.17) is 0 Å². The molecule has 1 rings (SSSR count). The van der Waals surface area contributed by atoms with E-state index < -0.39 is 12.7 Å². The first-order valence-electron chi connectivity index (χ1n) is 4.87. The maximum atomic E-state index is 12.1. The zero-order valence-corrected chi connectivity index (χ0v) is 10.5. The molecule has 0 bridgehead atoms. The molecule has 1 aromatic rings. The van der Waals surface area contributed by atoms with Crippen LogP contribution in [-0.4, -0.2) is 31.2 Å². The summed E-state index contributed by atoms with van der Waals surface area (Å²) in [6.45, 7) is -0.473. The molecule has 90 valence electrons. The molecule has 0 radical (unpaired) electrons. The van der Waals surface area contributed by atoms with Crippen molar-refractivity contribution >= 4 is 15.9 Å². The molecule has 0 aliphatic heterocycles. The number of likely N-dealkylation sites (N-methyl/N-ethyl adjacent to an activating group) is 1. The maximum absolute atomic E-state index is 12.1. The van der Waals surface area contributed by atoms with Gasteiger partial charge in [-0.1, -0.05) is 34.1 Å². The molecule has 0 aromatic heterocycles. The third-order valence-corrected chi connectivity index (χ3v) is 2.94. The van der Waals surface area contributed by atoms with Crippen molar-refractivity contribution in [2.75, 3.05) is 20.1 Å². The number of halogens is 4. The lowest BCUT2D eigenvalue weighted by molar-refractivity contribution is -0.142. The Morgan fingerprint density at radius 1 is 1.25 bits per heavy atom. The van der Waals surface area contributed by atoms with E-state index >= 15 is 0 Å². The summed E-state index contributed by atoms with van der Waals surface area (Å²) in [6.07, 6.45) is -3.52. The first-order valence-corrected chi connectivity index (χ1v) is 5.66. The molecule has 0 spiro atoms.